The van der Waals surface area contributed by atoms with Gasteiger partial charge >= 0.3 is 0 Å². The number of para-hydroxylation sites is 1. The monoisotopic (exact) mass is 653 g/mol. The summed E-state index contributed by atoms with van der Waals surface area (Å²) in [5, 5.41) is 4.17. The van der Waals surface area contributed by atoms with Gasteiger partial charge in [0.2, 0.25) is 0 Å². The Morgan fingerprint density at radius 2 is 1.04 bits per heavy atom. The Labute approximate surface area is 292 Å². The van der Waals surface area contributed by atoms with Crippen LogP contribution in [0.25, 0.3) is 100 Å². The van der Waals surface area contributed by atoms with Gasteiger partial charge in [0, 0.05) is 50.6 Å². The first-order chi connectivity index (χ1) is 25.3. The topological polar surface area (TPSA) is 77.6 Å². The Morgan fingerprint density at radius 1 is 0.412 bits per heavy atom. The number of pyridine rings is 2. The van der Waals surface area contributed by atoms with E-state index >= 15 is 0 Å². The van der Waals surface area contributed by atoms with Crippen LogP contribution >= 0.6 is 0 Å². The quantitative estimate of drug-likeness (QED) is 0.172. The SMILES string of the molecule is c1ccc(-c2nc(-c3ccccc3)nc(-c3cc(-c4ccc(-c5c6cccnc6cc6cccnc56)cc4)cc4c3oc3ccccc34)n2)cc1. The lowest BCUT2D eigenvalue weighted by atomic mass is 9.94. The molecule has 0 N–H and O–H groups in total. The summed E-state index contributed by atoms with van der Waals surface area (Å²) in [4.78, 5) is 24.5. The zero-order valence-electron chi connectivity index (χ0n) is 27.2. The van der Waals surface area contributed by atoms with Crippen LogP contribution in [0.1, 0.15) is 0 Å². The number of nitrogens with zero attached hydrogens (tertiary/aromatic N) is 5. The second kappa shape index (κ2) is 11.8. The van der Waals surface area contributed by atoms with Gasteiger partial charge in [-0.15, -0.1) is 0 Å². The average molecular weight is 654 g/mol. The van der Waals surface area contributed by atoms with Crippen molar-refractivity contribution in [2.75, 3.05) is 0 Å². The fourth-order valence-corrected chi connectivity index (χ4v) is 6.97. The van der Waals surface area contributed by atoms with Gasteiger partial charge in [0.1, 0.15) is 11.2 Å². The van der Waals surface area contributed by atoms with Crippen LogP contribution in [-0.2, 0) is 0 Å². The van der Waals surface area contributed by atoms with E-state index in [4.69, 9.17) is 24.4 Å². The lowest BCUT2D eigenvalue weighted by Gasteiger charge is -2.12. The third-order valence-electron chi connectivity index (χ3n) is 9.40. The van der Waals surface area contributed by atoms with Crippen LogP contribution in [0.4, 0.5) is 0 Å². The number of furan rings is 1. The molecule has 0 amide bonds. The van der Waals surface area contributed by atoms with Crippen molar-refractivity contribution < 1.29 is 4.42 Å². The van der Waals surface area contributed by atoms with Gasteiger partial charge in [-0.1, -0.05) is 115 Å². The zero-order chi connectivity index (χ0) is 33.7. The molecule has 0 spiro atoms. The maximum absolute atomic E-state index is 6.57. The van der Waals surface area contributed by atoms with E-state index in [9.17, 15) is 0 Å². The Hall–Kier alpha value is -7.05. The van der Waals surface area contributed by atoms with Gasteiger partial charge in [-0.05, 0) is 53.1 Å². The summed E-state index contributed by atoms with van der Waals surface area (Å²) in [5.41, 5.74) is 10.3. The van der Waals surface area contributed by atoms with E-state index in [0.29, 0.717) is 17.5 Å². The minimum atomic E-state index is 0.547. The molecule has 0 aliphatic rings. The van der Waals surface area contributed by atoms with Gasteiger partial charge in [0.15, 0.2) is 17.5 Å². The molecule has 6 nitrogen and oxygen atoms in total. The summed E-state index contributed by atoms with van der Waals surface area (Å²) >= 11 is 0. The van der Waals surface area contributed by atoms with Crippen LogP contribution in [0.5, 0.6) is 0 Å². The first kappa shape index (κ1) is 28.9. The highest BCUT2D eigenvalue weighted by molar-refractivity contribution is 6.12. The Morgan fingerprint density at radius 3 is 1.80 bits per heavy atom. The lowest BCUT2D eigenvalue weighted by molar-refractivity contribution is 0.669. The largest absolute Gasteiger partial charge is 0.455 e. The van der Waals surface area contributed by atoms with E-state index < -0.39 is 0 Å². The van der Waals surface area contributed by atoms with Gasteiger partial charge in [0.05, 0.1) is 16.6 Å². The molecule has 51 heavy (non-hydrogen) atoms. The molecule has 0 aliphatic heterocycles. The molecule has 0 bridgehead atoms. The molecule has 10 aromatic rings. The molecule has 0 radical (unpaired) electrons. The van der Waals surface area contributed by atoms with Crippen molar-refractivity contribution in [2.24, 2.45) is 0 Å². The fourth-order valence-electron chi connectivity index (χ4n) is 6.97. The van der Waals surface area contributed by atoms with Crippen molar-refractivity contribution >= 4 is 43.7 Å². The molecular weight excluding hydrogens is 627 g/mol. The molecule has 238 valence electrons. The fraction of sp³-hybridized carbons (Fsp3) is 0. The standard InChI is InChI=1S/C45H27N5O/c1-3-11-30(12-4-1)43-48-44(31-13-5-2-6-14-31)50-45(49-43)37-26-33(25-36-34-16-7-8-18-39(34)51-42(36)37)28-19-21-29(22-20-28)40-35-17-10-23-46-38(35)27-32-15-9-24-47-41(32)40/h1-27H. The highest BCUT2D eigenvalue weighted by atomic mass is 16.3. The molecule has 4 heterocycles. The van der Waals surface area contributed by atoms with Crippen LogP contribution in [0, 0.1) is 0 Å². The van der Waals surface area contributed by atoms with E-state index in [2.05, 4.69) is 65.6 Å². The number of hydrogen-bond acceptors (Lipinski definition) is 6. The van der Waals surface area contributed by atoms with Gasteiger partial charge < -0.3 is 4.42 Å². The maximum atomic E-state index is 6.57. The van der Waals surface area contributed by atoms with Crippen molar-refractivity contribution in [3.8, 4) is 56.4 Å². The predicted molar refractivity (Wildman–Crippen MR) is 205 cm³/mol. The number of benzene rings is 6. The third-order valence-corrected chi connectivity index (χ3v) is 9.40. The van der Waals surface area contributed by atoms with Crippen LogP contribution in [0.3, 0.4) is 0 Å². The minimum absolute atomic E-state index is 0.547. The maximum Gasteiger partial charge on any atom is 0.167 e. The Bertz CT molecular complexity index is 2790. The van der Waals surface area contributed by atoms with Crippen LogP contribution < -0.4 is 0 Å². The molecule has 0 fully saturated rings. The normalized spacial score (nSPS) is 11.5. The van der Waals surface area contributed by atoms with Gasteiger partial charge in [-0.25, -0.2) is 15.0 Å². The van der Waals surface area contributed by atoms with E-state index in [1.165, 1.54) is 0 Å². The predicted octanol–water partition coefficient (Wildman–Crippen LogP) is 11.2. The van der Waals surface area contributed by atoms with E-state index in [1.807, 2.05) is 103 Å². The molecule has 6 aromatic carbocycles. The number of hydrogen-bond donors (Lipinski definition) is 0. The van der Waals surface area contributed by atoms with Crippen LogP contribution in [0.15, 0.2) is 168 Å². The summed E-state index contributed by atoms with van der Waals surface area (Å²) < 4.78 is 6.57. The van der Waals surface area contributed by atoms with Gasteiger partial charge in [-0.2, -0.15) is 0 Å². The molecule has 10 rings (SSSR count). The summed E-state index contributed by atoms with van der Waals surface area (Å²) in [6.45, 7) is 0. The van der Waals surface area contributed by atoms with Crippen molar-refractivity contribution in [1.29, 1.82) is 0 Å². The van der Waals surface area contributed by atoms with E-state index in [0.717, 1.165) is 82.7 Å². The molecule has 0 unspecified atom stereocenters. The molecule has 0 atom stereocenters. The molecule has 6 heteroatoms. The second-order valence-electron chi connectivity index (χ2n) is 12.5. The number of aromatic nitrogens is 5. The van der Waals surface area contributed by atoms with Gasteiger partial charge in [-0.3, -0.25) is 9.97 Å². The molecule has 0 saturated heterocycles. The van der Waals surface area contributed by atoms with Crippen molar-refractivity contribution in [2.45, 2.75) is 0 Å². The molecule has 0 aliphatic carbocycles. The first-order valence-corrected chi connectivity index (χ1v) is 16.8. The highest BCUT2D eigenvalue weighted by Crippen LogP contribution is 2.41. The van der Waals surface area contributed by atoms with Crippen LogP contribution in [-0.4, -0.2) is 24.9 Å². The summed E-state index contributed by atoms with van der Waals surface area (Å²) in [6, 6.07) is 51.5. The second-order valence-corrected chi connectivity index (χ2v) is 12.5. The Balaban J connectivity index is 1.18. The lowest BCUT2D eigenvalue weighted by Crippen LogP contribution is -2.00. The highest BCUT2D eigenvalue weighted by Gasteiger charge is 2.20. The van der Waals surface area contributed by atoms with Crippen molar-refractivity contribution in [3.05, 3.63) is 164 Å². The molecule has 0 saturated carbocycles. The molecule has 4 aromatic heterocycles. The van der Waals surface area contributed by atoms with E-state index in [-0.39, 0.29) is 0 Å². The zero-order valence-corrected chi connectivity index (χ0v) is 27.2. The summed E-state index contributed by atoms with van der Waals surface area (Å²) in [6.07, 6.45) is 3.69. The number of rotatable bonds is 5. The summed E-state index contributed by atoms with van der Waals surface area (Å²) in [7, 11) is 0. The van der Waals surface area contributed by atoms with Crippen molar-refractivity contribution in [3.63, 3.8) is 0 Å². The smallest absolute Gasteiger partial charge is 0.167 e. The number of fused-ring (bicyclic) bond motifs is 5. The van der Waals surface area contributed by atoms with E-state index in [1.54, 1.807) is 0 Å². The summed E-state index contributed by atoms with van der Waals surface area (Å²) in [5.74, 6) is 1.75. The third kappa shape index (κ3) is 5.01. The van der Waals surface area contributed by atoms with Crippen LogP contribution in [0.2, 0.25) is 0 Å². The minimum Gasteiger partial charge on any atom is -0.455 e. The molecular formula is C45H27N5O. The first-order valence-electron chi connectivity index (χ1n) is 16.8. The van der Waals surface area contributed by atoms with Gasteiger partial charge in [0.25, 0.3) is 0 Å². The van der Waals surface area contributed by atoms with Crippen molar-refractivity contribution in [1.82, 2.24) is 24.9 Å². The Kier molecular flexibility index (Phi) is 6.70. The average Bonchev–Trinajstić information content (AvgIpc) is 3.59.